The van der Waals surface area contributed by atoms with Gasteiger partial charge in [-0.25, -0.2) is 0 Å². The first kappa shape index (κ1) is 15.2. The summed E-state index contributed by atoms with van der Waals surface area (Å²) in [5, 5.41) is 0. The van der Waals surface area contributed by atoms with Gasteiger partial charge >= 0.3 is 0 Å². The Bertz CT molecular complexity index is 99.3. The van der Waals surface area contributed by atoms with Crippen LogP contribution in [0.1, 0.15) is 60.3 Å². The third-order valence-corrected chi connectivity index (χ3v) is 2.17. The average molecular weight is 186 g/mol. The van der Waals surface area contributed by atoms with Gasteiger partial charge in [0.25, 0.3) is 0 Å². The fourth-order valence-corrected chi connectivity index (χ4v) is 1.12. The fourth-order valence-electron chi connectivity index (χ4n) is 1.12. The van der Waals surface area contributed by atoms with E-state index in [0.717, 1.165) is 25.5 Å². The number of hydrogen-bond acceptors (Lipinski definition) is 1. The first-order valence-corrected chi connectivity index (χ1v) is 5.62. The SMILES string of the molecule is CCC.CCCC(C=O)C(C)CC. The van der Waals surface area contributed by atoms with E-state index in [-0.39, 0.29) is 0 Å². The van der Waals surface area contributed by atoms with Crippen LogP contribution < -0.4 is 0 Å². The van der Waals surface area contributed by atoms with E-state index in [2.05, 4.69) is 34.6 Å². The number of carbonyl (C=O) groups excluding carboxylic acids is 1. The maximum atomic E-state index is 10.5. The molecule has 0 aromatic carbocycles. The minimum Gasteiger partial charge on any atom is -0.303 e. The highest BCUT2D eigenvalue weighted by Crippen LogP contribution is 2.17. The van der Waals surface area contributed by atoms with Gasteiger partial charge in [-0.15, -0.1) is 0 Å². The molecule has 0 heterocycles. The summed E-state index contributed by atoms with van der Waals surface area (Å²) < 4.78 is 0. The van der Waals surface area contributed by atoms with Crippen molar-refractivity contribution in [2.24, 2.45) is 11.8 Å². The molecule has 0 saturated carbocycles. The molecule has 0 rings (SSSR count). The Labute approximate surface area is 83.9 Å². The lowest BCUT2D eigenvalue weighted by molar-refractivity contribution is -0.112. The summed E-state index contributed by atoms with van der Waals surface area (Å²) in [6, 6.07) is 0. The van der Waals surface area contributed by atoms with E-state index in [4.69, 9.17) is 0 Å². The number of hydrogen-bond donors (Lipinski definition) is 0. The molecule has 0 bridgehead atoms. The number of aldehydes is 1. The summed E-state index contributed by atoms with van der Waals surface area (Å²) >= 11 is 0. The zero-order valence-corrected chi connectivity index (χ0v) is 9.97. The number of carbonyl (C=O) groups is 1. The molecule has 0 amide bonds. The van der Waals surface area contributed by atoms with Gasteiger partial charge in [-0.05, 0) is 12.3 Å². The molecular formula is C12H26O. The average Bonchev–Trinajstić information content (AvgIpc) is 2.14. The zero-order chi connectivity index (χ0) is 10.7. The molecule has 1 heteroatoms. The predicted octanol–water partition coefficient (Wildman–Crippen LogP) is 4.06. The van der Waals surface area contributed by atoms with E-state index < -0.39 is 0 Å². The van der Waals surface area contributed by atoms with Gasteiger partial charge in [0.05, 0.1) is 0 Å². The van der Waals surface area contributed by atoms with Crippen LogP contribution in [0, 0.1) is 11.8 Å². The van der Waals surface area contributed by atoms with Gasteiger partial charge in [0, 0.05) is 5.92 Å². The van der Waals surface area contributed by atoms with E-state index >= 15 is 0 Å². The molecule has 80 valence electrons. The van der Waals surface area contributed by atoms with E-state index in [1.165, 1.54) is 6.42 Å². The smallest absolute Gasteiger partial charge is 0.123 e. The van der Waals surface area contributed by atoms with Crippen LogP contribution in [0.4, 0.5) is 0 Å². The summed E-state index contributed by atoms with van der Waals surface area (Å²) in [6.07, 6.45) is 5.65. The quantitative estimate of drug-likeness (QED) is 0.592. The Morgan fingerprint density at radius 1 is 1.15 bits per heavy atom. The Balaban J connectivity index is 0. The van der Waals surface area contributed by atoms with Gasteiger partial charge < -0.3 is 4.79 Å². The summed E-state index contributed by atoms with van der Waals surface area (Å²) in [5.41, 5.74) is 0. The van der Waals surface area contributed by atoms with E-state index in [9.17, 15) is 4.79 Å². The molecular weight excluding hydrogens is 160 g/mol. The van der Waals surface area contributed by atoms with Crippen molar-refractivity contribution in [2.45, 2.75) is 60.3 Å². The molecule has 0 aliphatic carbocycles. The highest BCUT2D eigenvalue weighted by molar-refractivity contribution is 5.53. The van der Waals surface area contributed by atoms with Crippen LogP contribution in [0.15, 0.2) is 0 Å². The second-order valence-electron chi connectivity index (χ2n) is 3.68. The van der Waals surface area contributed by atoms with Crippen molar-refractivity contribution in [2.75, 3.05) is 0 Å². The highest BCUT2D eigenvalue weighted by Gasteiger charge is 2.12. The molecule has 0 aromatic rings. The third kappa shape index (κ3) is 9.59. The second-order valence-corrected chi connectivity index (χ2v) is 3.68. The Kier molecular flexibility index (Phi) is 13.6. The van der Waals surface area contributed by atoms with Crippen molar-refractivity contribution >= 4 is 6.29 Å². The first-order valence-electron chi connectivity index (χ1n) is 5.62. The van der Waals surface area contributed by atoms with Crippen molar-refractivity contribution in [3.8, 4) is 0 Å². The molecule has 0 radical (unpaired) electrons. The normalized spacial score (nSPS) is 13.9. The van der Waals surface area contributed by atoms with Crippen molar-refractivity contribution in [3.63, 3.8) is 0 Å². The van der Waals surface area contributed by atoms with Crippen LogP contribution in [-0.2, 0) is 4.79 Å². The van der Waals surface area contributed by atoms with Crippen LogP contribution >= 0.6 is 0 Å². The van der Waals surface area contributed by atoms with Gasteiger partial charge in [-0.3, -0.25) is 0 Å². The second kappa shape index (κ2) is 11.7. The molecule has 2 atom stereocenters. The predicted molar refractivity (Wildman–Crippen MR) is 59.9 cm³/mol. The summed E-state index contributed by atoms with van der Waals surface area (Å²) in [4.78, 5) is 10.5. The standard InChI is InChI=1S/C9H18O.C3H8/c1-4-6-9(7-10)8(3)5-2;1-3-2/h7-9H,4-6H2,1-3H3;3H2,1-2H3. The molecule has 2 unspecified atom stereocenters. The minimum atomic E-state index is 0.301. The lowest BCUT2D eigenvalue weighted by Crippen LogP contribution is -2.11. The largest absolute Gasteiger partial charge is 0.303 e. The van der Waals surface area contributed by atoms with Crippen LogP contribution in [-0.4, -0.2) is 6.29 Å². The minimum absolute atomic E-state index is 0.301. The van der Waals surface area contributed by atoms with Gasteiger partial charge in [0.2, 0.25) is 0 Å². The van der Waals surface area contributed by atoms with Gasteiger partial charge in [-0.2, -0.15) is 0 Å². The highest BCUT2D eigenvalue weighted by atomic mass is 16.1. The summed E-state index contributed by atoms with van der Waals surface area (Å²) in [7, 11) is 0. The molecule has 0 aromatic heterocycles. The molecule has 0 aliphatic rings. The van der Waals surface area contributed by atoms with Crippen LogP contribution in [0.3, 0.4) is 0 Å². The molecule has 0 aliphatic heterocycles. The maximum absolute atomic E-state index is 10.5. The number of rotatable bonds is 5. The molecule has 1 nitrogen and oxygen atoms in total. The van der Waals surface area contributed by atoms with Crippen LogP contribution in [0.5, 0.6) is 0 Å². The molecule has 0 spiro atoms. The van der Waals surface area contributed by atoms with Crippen LogP contribution in [0.25, 0.3) is 0 Å². The topological polar surface area (TPSA) is 17.1 Å². The molecule has 0 saturated heterocycles. The van der Waals surface area contributed by atoms with E-state index in [0.29, 0.717) is 11.8 Å². The Hall–Kier alpha value is -0.330. The van der Waals surface area contributed by atoms with Crippen molar-refractivity contribution in [1.29, 1.82) is 0 Å². The van der Waals surface area contributed by atoms with Crippen molar-refractivity contribution in [1.82, 2.24) is 0 Å². The lowest BCUT2D eigenvalue weighted by Gasteiger charge is -2.15. The van der Waals surface area contributed by atoms with Crippen molar-refractivity contribution < 1.29 is 4.79 Å². The van der Waals surface area contributed by atoms with Crippen LogP contribution in [0.2, 0.25) is 0 Å². The van der Waals surface area contributed by atoms with Crippen molar-refractivity contribution in [3.05, 3.63) is 0 Å². The van der Waals surface area contributed by atoms with E-state index in [1.54, 1.807) is 0 Å². The summed E-state index contributed by atoms with van der Waals surface area (Å²) in [5.74, 6) is 0.868. The third-order valence-electron chi connectivity index (χ3n) is 2.17. The maximum Gasteiger partial charge on any atom is 0.123 e. The molecule has 0 fully saturated rings. The van der Waals surface area contributed by atoms with Gasteiger partial charge in [0.1, 0.15) is 6.29 Å². The van der Waals surface area contributed by atoms with Gasteiger partial charge in [0.15, 0.2) is 0 Å². The lowest BCUT2D eigenvalue weighted by atomic mass is 9.89. The Morgan fingerprint density at radius 3 is 1.85 bits per heavy atom. The Morgan fingerprint density at radius 2 is 1.62 bits per heavy atom. The first-order chi connectivity index (χ1) is 6.17. The zero-order valence-electron chi connectivity index (χ0n) is 9.97. The molecule has 13 heavy (non-hydrogen) atoms. The van der Waals surface area contributed by atoms with E-state index in [1.807, 2.05) is 0 Å². The monoisotopic (exact) mass is 186 g/mol. The fraction of sp³-hybridized carbons (Fsp3) is 0.917. The summed E-state index contributed by atoms with van der Waals surface area (Å²) in [6.45, 7) is 10.7. The molecule has 0 N–H and O–H groups in total. The van der Waals surface area contributed by atoms with Gasteiger partial charge in [-0.1, -0.05) is 53.9 Å².